The van der Waals surface area contributed by atoms with Crippen molar-refractivity contribution < 1.29 is 19.2 Å². The van der Waals surface area contributed by atoms with Gasteiger partial charge in [0, 0.05) is 37.5 Å². The summed E-state index contributed by atoms with van der Waals surface area (Å²) in [5, 5.41) is 8.72. The molecule has 4 aliphatic rings. The Kier molecular flexibility index (Phi) is 5.74. The smallest absolute Gasteiger partial charge is 0.255 e. The molecule has 0 spiro atoms. The van der Waals surface area contributed by atoms with Gasteiger partial charge in [-0.25, -0.2) is 0 Å². The van der Waals surface area contributed by atoms with Crippen molar-refractivity contribution >= 4 is 23.6 Å². The third-order valence-electron chi connectivity index (χ3n) is 7.09. The minimum absolute atomic E-state index is 0.0418. The number of rotatable bonds is 5. The van der Waals surface area contributed by atoms with Gasteiger partial charge in [0.25, 0.3) is 5.91 Å². The van der Waals surface area contributed by atoms with Gasteiger partial charge < -0.3 is 15.5 Å². The first-order valence-electron chi connectivity index (χ1n) is 11.6. The second-order valence-corrected chi connectivity index (χ2v) is 9.34. The topological polar surface area (TPSA) is 108 Å². The zero-order valence-electron chi connectivity index (χ0n) is 18.4. The molecule has 0 radical (unpaired) electrons. The fourth-order valence-electron chi connectivity index (χ4n) is 5.33. The largest absolute Gasteiger partial charge is 0.384 e. The van der Waals surface area contributed by atoms with Gasteiger partial charge in [-0.1, -0.05) is 18.2 Å². The van der Waals surface area contributed by atoms with Gasteiger partial charge in [0.2, 0.25) is 17.7 Å². The van der Waals surface area contributed by atoms with E-state index in [1.54, 1.807) is 6.07 Å². The zero-order chi connectivity index (χ0) is 22.9. The van der Waals surface area contributed by atoms with Crippen molar-refractivity contribution in [1.29, 1.82) is 0 Å². The average Bonchev–Trinajstić information content (AvgIpc) is 3.13. The fraction of sp³-hybridized carbons (Fsp3) is 0.440. The fourth-order valence-corrected chi connectivity index (χ4v) is 5.33. The molecular formula is C25H28N4O4. The van der Waals surface area contributed by atoms with Crippen molar-refractivity contribution in [2.75, 3.05) is 0 Å². The summed E-state index contributed by atoms with van der Waals surface area (Å²) in [5.41, 5.74) is 3.73. The summed E-state index contributed by atoms with van der Waals surface area (Å²) in [4.78, 5) is 50.5. The summed E-state index contributed by atoms with van der Waals surface area (Å²) >= 11 is 0. The molecule has 1 aromatic carbocycles. The summed E-state index contributed by atoms with van der Waals surface area (Å²) in [7, 11) is 0. The van der Waals surface area contributed by atoms with Crippen LogP contribution in [0.15, 0.2) is 42.1 Å². The summed E-state index contributed by atoms with van der Waals surface area (Å²) in [6, 6.07) is 5.34. The summed E-state index contributed by atoms with van der Waals surface area (Å²) < 4.78 is 0. The molecule has 3 unspecified atom stereocenters. The molecule has 4 amide bonds. The van der Waals surface area contributed by atoms with E-state index in [2.05, 4.69) is 22.0 Å². The predicted octanol–water partition coefficient (Wildman–Crippen LogP) is 1.67. The van der Waals surface area contributed by atoms with Crippen molar-refractivity contribution in [3.63, 3.8) is 0 Å². The number of amides is 4. The summed E-state index contributed by atoms with van der Waals surface area (Å²) in [6.45, 7) is 0.740. The summed E-state index contributed by atoms with van der Waals surface area (Å²) in [6.07, 6.45) is 10.3. The van der Waals surface area contributed by atoms with E-state index in [1.807, 2.05) is 24.4 Å². The van der Waals surface area contributed by atoms with Crippen LogP contribution in [0.2, 0.25) is 0 Å². The molecular weight excluding hydrogens is 420 g/mol. The van der Waals surface area contributed by atoms with Crippen molar-refractivity contribution in [1.82, 2.24) is 20.9 Å². The maximum Gasteiger partial charge on any atom is 0.255 e. The molecule has 1 aliphatic carbocycles. The van der Waals surface area contributed by atoms with Crippen LogP contribution >= 0.6 is 0 Å². The first kappa shape index (κ1) is 21.4. The lowest BCUT2D eigenvalue weighted by Gasteiger charge is -2.32. The van der Waals surface area contributed by atoms with E-state index in [1.165, 1.54) is 10.5 Å². The third-order valence-corrected chi connectivity index (χ3v) is 7.09. The maximum absolute atomic E-state index is 12.8. The Morgan fingerprint density at radius 1 is 1.15 bits per heavy atom. The predicted molar refractivity (Wildman–Crippen MR) is 120 cm³/mol. The molecule has 8 heteroatoms. The van der Waals surface area contributed by atoms with Gasteiger partial charge in [-0.05, 0) is 66.6 Å². The van der Waals surface area contributed by atoms with Crippen LogP contribution in [0.1, 0.15) is 60.0 Å². The first-order valence-corrected chi connectivity index (χ1v) is 11.6. The van der Waals surface area contributed by atoms with Crippen LogP contribution in [0.5, 0.6) is 0 Å². The molecule has 33 heavy (non-hydrogen) atoms. The highest BCUT2D eigenvalue weighted by atomic mass is 16.2. The highest BCUT2D eigenvalue weighted by Gasteiger charge is 2.39. The molecule has 1 saturated carbocycles. The van der Waals surface area contributed by atoms with Gasteiger partial charge in [0.15, 0.2) is 0 Å². The molecule has 0 bridgehead atoms. The molecule has 5 rings (SSSR count). The lowest BCUT2D eigenvalue weighted by atomic mass is 9.79. The van der Waals surface area contributed by atoms with Crippen molar-refractivity contribution in [3.05, 3.63) is 58.8 Å². The second-order valence-electron chi connectivity index (χ2n) is 9.34. The van der Waals surface area contributed by atoms with Gasteiger partial charge in [0.1, 0.15) is 6.04 Å². The lowest BCUT2D eigenvalue weighted by molar-refractivity contribution is -0.137. The Balaban J connectivity index is 1.16. The summed E-state index contributed by atoms with van der Waals surface area (Å²) in [5.74, 6) is -0.493. The van der Waals surface area contributed by atoms with E-state index in [-0.39, 0.29) is 24.1 Å². The van der Waals surface area contributed by atoms with Crippen LogP contribution in [0.4, 0.5) is 0 Å². The minimum Gasteiger partial charge on any atom is -0.384 e. The highest BCUT2D eigenvalue weighted by molar-refractivity contribution is 6.05. The number of nitrogens with zero attached hydrogens (tertiary/aromatic N) is 1. The van der Waals surface area contributed by atoms with E-state index in [0.717, 1.165) is 30.4 Å². The van der Waals surface area contributed by atoms with Gasteiger partial charge in [-0.15, -0.1) is 0 Å². The third kappa shape index (κ3) is 4.42. The molecule has 3 N–H and O–H groups in total. The lowest BCUT2D eigenvalue weighted by Crippen LogP contribution is -2.52. The van der Waals surface area contributed by atoms with E-state index in [4.69, 9.17) is 0 Å². The second kappa shape index (κ2) is 8.84. The number of fused-ring (bicyclic) bond motifs is 2. The van der Waals surface area contributed by atoms with Crippen LogP contribution < -0.4 is 16.0 Å². The van der Waals surface area contributed by atoms with Crippen LogP contribution in [0, 0.1) is 5.92 Å². The Morgan fingerprint density at radius 3 is 2.88 bits per heavy atom. The molecule has 1 aromatic rings. The Labute approximate surface area is 192 Å². The first-order chi connectivity index (χ1) is 16.0. The quantitative estimate of drug-likeness (QED) is 0.594. The number of nitrogens with one attached hydrogen (secondary N) is 3. The number of carbonyl (C=O) groups is 4. The molecule has 0 aromatic heterocycles. The maximum atomic E-state index is 12.8. The number of hydrogen-bond acceptors (Lipinski definition) is 5. The molecule has 172 valence electrons. The Morgan fingerprint density at radius 2 is 2.03 bits per heavy atom. The van der Waals surface area contributed by atoms with Crippen molar-refractivity contribution in [2.45, 2.75) is 63.7 Å². The van der Waals surface area contributed by atoms with Crippen molar-refractivity contribution in [2.24, 2.45) is 5.92 Å². The Hall–Kier alpha value is -3.42. The van der Waals surface area contributed by atoms with Gasteiger partial charge in [-0.3, -0.25) is 24.5 Å². The van der Waals surface area contributed by atoms with Gasteiger partial charge in [0.05, 0.1) is 0 Å². The molecule has 3 aliphatic heterocycles. The minimum atomic E-state index is -0.620. The van der Waals surface area contributed by atoms with Crippen LogP contribution in [-0.4, -0.2) is 40.6 Å². The number of dihydropyridines is 1. The molecule has 3 atom stereocenters. The van der Waals surface area contributed by atoms with Gasteiger partial charge >= 0.3 is 0 Å². The molecule has 1 saturated heterocycles. The van der Waals surface area contributed by atoms with Crippen LogP contribution in [-0.2, 0) is 27.5 Å². The monoisotopic (exact) mass is 448 g/mol. The zero-order valence-corrected chi connectivity index (χ0v) is 18.4. The average molecular weight is 449 g/mol. The number of piperidine rings is 1. The number of allylic oxidation sites excluding steroid dienone is 2. The van der Waals surface area contributed by atoms with Gasteiger partial charge in [-0.2, -0.15) is 0 Å². The van der Waals surface area contributed by atoms with Crippen LogP contribution in [0.25, 0.3) is 0 Å². The van der Waals surface area contributed by atoms with E-state index < -0.39 is 11.9 Å². The highest BCUT2D eigenvalue weighted by Crippen LogP contribution is 2.32. The van der Waals surface area contributed by atoms with Crippen molar-refractivity contribution in [3.8, 4) is 0 Å². The van der Waals surface area contributed by atoms with Crippen LogP contribution in [0.3, 0.4) is 0 Å². The van der Waals surface area contributed by atoms with E-state index in [9.17, 15) is 19.2 Å². The normalized spacial score (nSPS) is 26.2. The van der Waals surface area contributed by atoms with E-state index >= 15 is 0 Å². The number of imide groups is 1. The van der Waals surface area contributed by atoms with E-state index in [0.29, 0.717) is 43.5 Å². The Bertz CT molecular complexity index is 1080. The number of hydrogen-bond donors (Lipinski definition) is 3. The molecule has 3 heterocycles. The standard InChI is InChI=1S/C25H28N4O4/c30-22-8-7-21(24(32)28-22)29-14-18-11-16(3-5-19(18)25(29)33)13-27-23(31)12-15-4-6-20-17(10-15)2-1-9-26-20/h1-3,5,9,11,15,20-21,26H,4,6-8,10,12-14H2,(H,27,31)(H,28,30,32). The molecule has 8 nitrogen and oxygen atoms in total. The number of carbonyl (C=O) groups excluding carboxylic acids is 4. The number of benzene rings is 1. The SMILES string of the molecule is O=C(CC1CCC2NC=CC=C2C1)NCc1ccc2c(c1)CN(C1CCC(=O)NC1=O)C2=O. The molecule has 2 fully saturated rings.